The molecule has 2 aliphatic rings. The molecule has 5 rings (SSSR count). The van der Waals surface area contributed by atoms with Crippen LogP contribution in [-0.4, -0.2) is 44.0 Å². The number of nitrogens with zero attached hydrogens (tertiary/aromatic N) is 4. The summed E-state index contributed by atoms with van der Waals surface area (Å²) >= 11 is 0. The summed E-state index contributed by atoms with van der Waals surface area (Å²) in [7, 11) is 0. The first-order valence-corrected chi connectivity index (χ1v) is 14.4. The van der Waals surface area contributed by atoms with Crippen LogP contribution in [0.5, 0.6) is 5.75 Å². The van der Waals surface area contributed by atoms with Crippen LogP contribution >= 0.6 is 0 Å². The molecule has 2 aromatic heterocycles. The maximum Gasteiger partial charge on any atom is 0.310 e. The van der Waals surface area contributed by atoms with Crippen molar-refractivity contribution in [3.8, 4) is 5.75 Å². The average molecular weight is 551 g/mol. The van der Waals surface area contributed by atoms with E-state index < -0.39 is 11.4 Å². The van der Waals surface area contributed by atoms with Crippen LogP contribution in [0.2, 0.25) is 0 Å². The van der Waals surface area contributed by atoms with Gasteiger partial charge in [0.05, 0.1) is 29.3 Å². The molecule has 1 atom stereocenters. The number of pyridine rings is 1. The zero-order valence-corrected chi connectivity index (χ0v) is 24.1. The number of benzene rings is 1. The van der Waals surface area contributed by atoms with Crippen molar-refractivity contribution < 1.29 is 23.5 Å². The lowest BCUT2D eigenvalue weighted by Crippen LogP contribution is -2.45. The second-order valence-corrected chi connectivity index (χ2v) is 11.8. The fourth-order valence-corrected chi connectivity index (χ4v) is 6.14. The Hall–Kier alpha value is -3.49. The number of halogens is 1. The zero-order valence-electron chi connectivity index (χ0n) is 24.1. The van der Waals surface area contributed by atoms with E-state index in [4.69, 9.17) is 14.5 Å². The van der Waals surface area contributed by atoms with E-state index in [-0.39, 0.29) is 30.6 Å². The molecule has 1 amide bonds. The Bertz CT molecular complexity index is 1410. The number of hydrogen-bond acceptors (Lipinski definition) is 6. The molecular formula is C31H39FN4O4. The number of esters is 1. The van der Waals surface area contributed by atoms with Gasteiger partial charge in [-0.25, -0.2) is 14.4 Å². The summed E-state index contributed by atoms with van der Waals surface area (Å²) < 4.78 is 27.5. The van der Waals surface area contributed by atoms with Gasteiger partial charge < -0.3 is 14.4 Å². The summed E-state index contributed by atoms with van der Waals surface area (Å²) in [6.45, 7) is 9.85. The lowest BCUT2D eigenvalue weighted by Gasteiger charge is -2.36. The Morgan fingerprint density at radius 1 is 1.12 bits per heavy atom. The van der Waals surface area contributed by atoms with Gasteiger partial charge in [0, 0.05) is 18.2 Å². The molecule has 3 heterocycles. The number of aromatic nitrogens is 3. The lowest BCUT2D eigenvalue weighted by atomic mass is 9.90. The molecule has 8 nitrogen and oxygen atoms in total. The minimum Gasteiger partial charge on any atom is -0.491 e. The molecule has 1 aliphatic heterocycles. The highest BCUT2D eigenvalue weighted by atomic mass is 19.1. The molecule has 214 valence electrons. The van der Waals surface area contributed by atoms with E-state index in [0.717, 1.165) is 43.9 Å². The predicted molar refractivity (Wildman–Crippen MR) is 149 cm³/mol. The van der Waals surface area contributed by atoms with Gasteiger partial charge in [-0.2, -0.15) is 0 Å². The summed E-state index contributed by atoms with van der Waals surface area (Å²) in [4.78, 5) is 37.7. The van der Waals surface area contributed by atoms with Gasteiger partial charge in [0.1, 0.15) is 17.4 Å². The highest BCUT2D eigenvalue weighted by Crippen LogP contribution is 2.43. The van der Waals surface area contributed by atoms with E-state index in [9.17, 15) is 14.0 Å². The normalized spacial score (nSPS) is 19.8. The number of carbonyl (C=O) groups excluding carboxylic acids is 2. The van der Waals surface area contributed by atoms with Crippen molar-refractivity contribution >= 4 is 23.0 Å². The molecule has 9 heteroatoms. The topological polar surface area (TPSA) is 86.6 Å². The maximum atomic E-state index is 14.5. The minimum atomic E-state index is -0.819. The van der Waals surface area contributed by atoms with Crippen LogP contribution in [0.25, 0.3) is 11.2 Å². The molecular weight excluding hydrogens is 511 g/mol. The van der Waals surface area contributed by atoms with Crippen LogP contribution in [-0.2, 0) is 21.8 Å². The van der Waals surface area contributed by atoms with Crippen molar-refractivity contribution in [1.29, 1.82) is 0 Å². The van der Waals surface area contributed by atoms with Crippen LogP contribution in [0.1, 0.15) is 101 Å². The second-order valence-electron chi connectivity index (χ2n) is 11.8. The van der Waals surface area contributed by atoms with E-state index in [1.807, 2.05) is 37.8 Å². The molecule has 0 N–H and O–H groups in total. The lowest BCUT2D eigenvalue weighted by molar-refractivity contribution is -0.151. The number of carbonyl (C=O) groups is 2. The van der Waals surface area contributed by atoms with Gasteiger partial charge in [-0.3, -0.25) is 14.2 Å². The second kappa shape index (κ2) is 11.2. The van der Waals surface area contributed by atoms with E-state index in [2.05, 4.69) is 11.1 Å². The molecule has 0 spiro atoms. The number of ether oxygens (including phenoxy) is 2. The number of fused-ring (bicyclic) bond motifs is 1. The molecule has 0 unspecified atom stereocenters. The Morgan fingerprint density at radius 2 is 1.88 bits per heavy atom. The fraction of sp³-hybridized carbons (Fsp3) is 0.548. The van der Waals surface area contributed by atoms with Gasteiger partial charge in [0.25, 0.3) is 5.91 Å². The van der Waals surface area contributed by atoms with Crippen molar-refractivity contribution in [1.82, 2.24) is 19.4 Å². The fourth-order valence-electron chi connectivity index (χ4n) is 6.14. The Balaban J connectivity index is 1.57. The van der Waals surface area contributed by atoms with Crippen molar-refractivity contribution in [3.05, 3.63) is 53.2 Å². The Kier molecular flexibility index (Phi) is 7.84. The van der Waals surface area contributed by atoms with E-state index in [1.54, 1.807) is 18.4 Å². The molecule has 1 aliphatic carbocycles. The molecule has 1 aromatic carbocycles. The highest BCUT2D eigenvalue weighted by molar-refractivity contribution is 5.97. The largest absolute Gasteiger partial charge is 0.491 e. The predicted octanol–water partition coefficient (Wildman–Crippen LogP) is 6.32. The molecule has 3 aromatic rings. The number of hydrogen-bond donors (Lipinski definition) is 0. The van der Waals surface area contributed by atoms with Crippen LogP contribution < -0.4 is 4.74 Å². The minimum absolute atomic E-state index is 0.0151. The molecule has 1 saturated heterocycles. The van der Waals surface area contributed by atoms with Gasteiger partial charge in [-0.15, -0.1) is 0 Å². The molecule has 0 bridgehead atoms. The standard InChI is InChI=1S/C31H39FN4O4/c1-19(2)29(38)39-18-35-26-15-22(32)17-33-27(26)34-30(35)31(5)13-8-14-36(31)28(37)25-16-23(40-20(3)4)11-12-24(25)21-9-6-7-10-21/h11-12,15-17,19-21H,6-10,13-14,18H2,1-5H3/t31-/m0/s1. The van der Waals surface area contributed by atoms with Gasteiger partial charge in [-0.1, -0.05) is 32.8 Å². The quantitative estimate of drug-likeness (QED) is 0.305. The third kappa shape index (κ3) is 5.30. The van der Waals surface area contributed by atoms with Gasteiger partial charge in [0.2, 0.25) is 0 Å². The first-order chi connectivity index (χ1) is 19.1. The number of imidazole rings is 1. The van der Waals surface area contributed by atoms with Crippen LogP contribution in [0.15, 0.2) is 30.5 Å². The van der Waals surface area contributed by atoms with Gasteiger partial charge in [0.15, 0.2) is 12.4 Å². The summed E-state index contributed by atoms with van der Waals surface area (Å²) in [6, 6.07) is 7.26. The van der Waals surface area contributed by atoms with Crippen LogP contribution in [0.3, 0.4) is 0 Å². The van der Waals surface area contributed by atoms with Crippen LogP contribution in [0, 0.1) is 11.7 Å². The van der Waals surface area contributed by atoms with E-state index >= 15 is 0 Å². The molecule has 40 heavy (non-hydrogen) atoms. The first-order valence-electron chi connectivity index (χ1n) is 14.4. The smallest absolute Gasteiger partial charge is 0.310 e. The van der Waals surface area contributed by atoms with Gasteiger partial charge in [-0.05, 0) is 70.1 Å². The van der Waals surface area contributed by atoms with Crippen molar-refractivity contribution in [3.63, 3.8) is 0 Å². The number of rotatable bonds is 8. The molecule has 2 fully saturated rings. The zero-order chi connectivity index (χ0) is 28.6. The maximum absolute atomic E-state index is 14.5. The molecule has 1 saturated carbocycles. The summed E-state index contributed by atoms with van der Waals surface area (Å²) in [5, 5.41) is 0. The third-order valence-electron chi connectivity index (χ3n) is 8.17. The third-order valence-corrected chi connectivity index (χ3v) is 8.17. The van der Waals surface area contributed by atoms with Gasteiger partial charge >= 0.3 is 5.97 Å². The van der Waals surface area contributed by atoms with Crippen molar-refractivity contribution in [2.24, 2.45) is 5.92 Å². The van der Waals surface area contributed by atoms with Crippen molar-refractivity contribution in [2.75, 3.05) is 6.54 Å². The highest BCUT2D eigenvalue weighted by Gasteiger charge is 2.46. The summed E-state index contributed by atoms with van der Waals surface area (Å²) in [5.74, 6) is 0.269. The summed E-state index contributed by atoms with van der Waals surface area (Å²) in [6.07, 6.45) is 6.99. The van der Waals surface area contributed by atoms with E-state index in [0.29, 0.717) is 47.2 Å². The average Bonchev–Trinajstić information content (AvgIpc) is 3.66. The number of amides is 1. The Labute approximate surface area is 234 Å². The first kappa shape index (κ1) is 28.1. The van der Waals surface area contributed by atoms with Crippen molar-refractivity contribution in [2.45, 2.75) is 97.4 Å². The Morgan fingerprint density at radius 3 is 2.58 bits per heavy atom. The summed E-state index contributed by atoms with van der Waals surface area (Å²) in [5.41, 5.74) is 1.68. The van der Waals surface area contributed by atoms with E-state index in [1.165, 1.54) is 6.07 Å². The SMILES string of the molecule is CC(C)Oc1ccc(C2CCCC2)c(C(=O)N2CCC[C@@]2(C)c2nc3ncc(F)cc3n2COC(=O)C(C)C)c1. The molecule has 0 radical (unpaired) electrons. The van der Waals surface area contributed by atoms with Crippen LogP contribution in [0.4, 0.5) is 4.39 Å². The number of likely N-dealkylation sites (tertiary alicyclic amines) is 1. The monoisotopic (exact) mass is 550 g/mol.